The molecule has 0 saturated heterocycles. The summed E-state index contributed by atoms with van der Waals surface area (Å²) in [4.78, 5) is 12.4. The molecule has 0 radical (unpaired) electrons. The van der Waals surface area contributed by atoms with Gasteiger partial charge in [-0.1, -0.05) is 48.5 Å². The van der Waals surface area contributed by atoms with E-state index in [0.717, 1.165) is 21.6 Å². The van der Waals surface area contributed by atoms with Gasteiger partial charge in [0.05, 0.1) is 5.56 Å². The molecule has 0 aliphatic carbocycles. The molecule has 0 amide bonds. The highest BCUT2D eigenvalue weighted by Gasteiger charge is 2.30. The number of aromatic carboxylic acids is 1. The van der Waals surface area contributed by atoms with Crippen LogP contribution in [0.5, 0.6) is 0 Å². The molecule has 3 heteroatoms. The topological polar surface area (TPSA) is 37.3 Å². The van der Waals surface area contributed by atoms with E-state index in [0.29, 0.717) is 12.0 Å². The highest BCUT2D eigenvalue weighted by Crippen LogP contribution is 2.40. The predicted molar refractivity (Wildman–Crippen MR) is 87.4 cm³/mol. The number of thiol groups is 1. The van der Waals surface area contributed by atoms with E-state index in [1.54, 1.807) is 0 Å². The molecular weight excluding hydrogens is 268 g/mol. The molecule has 1 aromatic carbocycles. The van der Waals surface area contributed by atoms with Gasteiger partial charge in [-0.05, 0) is 40.0 Å². The van der Waals surface area contributed by atoms with Crippen LogP contribution in [0.4, 0.5) is 0 Å². The first-order chi connectivity index (χ1) is 8.91. The van der Waals surface area contributed by atoms with Crippen LogP contribution < -0.4 is 0 Å². The average molecular weight is 294 g/mol. The lowest BCUT2D eigenvalue weighted by molar-refractivity contribution is 0.0695. The quantitative estimate of drug-likeness (QED) is 0.766. The second-order valence-electron chi connectivity index (χ2n) is 7.33. The molecule has 0 unspecified atom stereocenters. The van der Waals surface area contributed by atoms with Crippen molar-refractivity contribution < 1.29 is 9.90 Å². The Morgan fingerprint density at radius 1 is 1.15 bits per heavy atom. The van der Waals surface area contributed by atoms with Gasteiger partial charge in [-0.15, -0.1) is 12.6 Å². The molecule has 0 bridgehead atoms. The zero-order valence-electron chi connectivity index (χ0n) is 13.6. The third kappa shape index (κ3) is 3.20. The van der Waals surface area contributed by atoms with Gasteiger partial charge in [0.15, 0.2) is 0 Å². The molecule has 20 heavy (non-hydrogen) atoms. The minimum Gasteiger partial charge on any atom is -0.478 e. The highest BCUT2D eigenvalue weighted by atomic mass is 32.1. The first kappa shape index (κ1) is 17.1. The van der Waals surface area contributed by atoms with E-state index in [4.69, 9.17) is 0 Å². The van der Waals surface area contributed by atoms with Crippen molar-refractivity contribution in [2.75, 3.05) is 0 Å². The second-order valence-corrected chi connectivity index (χ2v) is 7.78. The molecule has 112 valence electrons. The number of hydrogen-bond acceptors (Lipinski definition) is 2. The van der Waals surface area contributed by atoms with Crippen LogP contribution in [0.15, 0.2) is 11.0 Å². The van der Waals surface area contributed by atoms with E-state index < -0.39 is 5.97 Å². The van der Waals surface area contributed by atoms with Gasteiger partial charge in [0.2, 0.25) is 0 Å². The predicted octanol–water partition coefficient (Wildman–Crippen LogP) is 4.83. The van der Waals surface area contributed by atoms with Crippen molar-refractivity contribution in [1.29, 1.82) is 0 Å². The van der Waals surface area contributed by atoms with Crippen molar-refractivity contribution in [3.63, 3.8) is 0 Å². The standard InChI is InChI=1S/C17H26O2S/c1-8-10-11(15(18)19)9-12(16(2,3)4)13(14(10)20)17(5,6)7/h9,20H,8H2,1-7H3,(H,18,19). The van der Waals surface area contributed by atoms with E-state index in [1.807, 2.05) is 13.0 Å². The maximum absolute atomic E-state index is 11.5. The fourth-order valence-corrected chi connectivity index (χ4v) is 3.34. The van der Waals surface area contributed by atoms with Gasteiger partial charge in [-0.2, -0.15) is 0 Å². The molecule has 0 aromatic heterocycles. The fraction of sp³-hybridized carbons (Fsp3) is 0.588. The maximum Gasteiger partial charge on any atom is 0.336 e. The lowest BCUT2D eigenvalue weighted by Crippen LogP contribution is -2.25. The van der Waals surface area contributed by atoms with Gasteiger partial charge in [0.1, 0.15) is 0 Å². The average Bonchev–Trinajstić information content (AvgIpc) is 2.24. The zero-order valence-corrected chi connectivity index (χ0v) is 14.5. The van der Waals surface area contributed by atoms with Crippen LogP contribution in [-0.2, 0) is 17.3 Å². The Bertz CT molecular complexity index is 531. The summed E-state index contributed by atoms with van der Waals surface area (Å²) < 4.78 is 0. The second kappa shape index (κ2) is 5.44. The van der Waals surface area contributed by atoms with E-state index in [9.17, 15) is 9.90 Å². The van der Waals surface area contributed by atoms with Crippen LogP contribution in [-0.4, -0.2) is 11.1 Å². The Kier molecular flexibility index (Phi) is 4.65. The Morgan fingerprint density at radius 3 is 1.95 bits per heavy atom. The van der Waals surface area contributed by atoms with Crippen molar-refractivity contribution in [3.05, 3.63) is 28.3 Å². The molecular formula is C17H26O2S. The molecule has 0 aliphatic heterocycles. The molecule has 1 rings (SSSR count). The Labute approximate surface area is 128 Å². The van der Waals surface area contributed by atoms with E-state index in [1.165, 1.54) is 0 Å². The van der Waals surface area contributed by atoms with Crippen LogP contribution in [0.2, 0.25) is 0 Å². The van der Waals surface area contributed by atoms with Crippen molar-refractivity contribution in [2.45, 2.75) is 70.6 Å². The third-order valence-corrected chi connectivity index (χ3v) is 4.04. The number of carbonyl (C=O) groups is 1. The number of rotatable bonds is 2. The molecule has 0 saturated carbocycles. The summed E-state index contributed by atoms with van der Waals surface area (Å²) in [6.07, 6.45) is 0.675. The number of carboxylic acids is 1. The molecule has 0 atom stereocenters. The Hall–Kier alpha value is -0.960. The smallest absolute Gasteiger partial charge is 0.336 e. The molecule has 0 aliphatic rings. The monoisotopic (exact) mass is 294 g/mol. The van der Waals surface area contributed by atoms with E-state index in [-0.39, 0.29) is 10.8 Å². The van der Waals surface area contributed by atoms with Crippen LogP contribution in [0.25, 0.3) is 0 Å². The van der Waals surface area contributed by atoms with E-state index in [2.05, 4.69) is 54.2 Å². The summed E-state index contributed by atoms with van der Waals surface area (Å²) in [6.45, 7) is 14.8. The van der Waals surface area contributed by atoms with Crippen molar-refractivity contribution in [3.8, 4) is 0 Å². The van der Waals surface area contributed by atoms with Crippen LogP contribution >= 0.6 is 12.6 Å². The summed E-state index contributed by atoms with van der Waals surface area (Å²) in [5.74, 6) is -0.872. The molecule has 1 N–H and O–H groups in total. The number of hydrogen-bond donors (Lipinski definition) is 2. The molecule has 2 nitrogen and oxygen atoms in total. The summed E-state index contributed by atoms with van der Waals surface area (Å²) in [5.41, 5.74) is 3.27. The highest BCUT2D eigenvalue weighted by molar-refractivity contribution is 7.80. The van der Waals surface area contributed by atoms with Gasteiger partial charge in [-0.25, -0.2) is 4.79 Å². The third-order valence-electron chi connectivity index (χ3n) is 3.55. The van der Waals surface area contributed by atoms with Crippen molar-refractivity contribution in [1.82, 2.24) is 0 Å². The largest absolute Gasteiger partial charge is 0.478 e. The maximum atomic E-state index is 11.5. The summed E-state index contributed by atoms with van der Waals surface area (Å²) in [5, 5.41) is 9.47. The zero-order chi connectivity index (χ0) is 15.9. The van der Waals surface area contributed by atoms with Gasteiger partial charge in [0.25, 0.3) is 0 Å². The van der Waals surface area contributed by atoms with Crippen molar-refractivity contribution >= 4 is 18.6 Å². The Morgan fingerprint density at radius 2 is 1.65 bits per heavy atom. The minimum absolute atomic E-state index is 0.0688. The molecule has 0 fully saturated rings. The van der Waals surface area contributed by atoms with Gasteiger partial charge in [0, 0.05) is 4.90 Å². The number of benzene rings is 1. The van der Waals surface area contributed by atoms with Gasteiger partial charge < -0.3 is 5.11 Å². The lowest BCUT2D eigenvalue weighted by Gasteiger charge is -2.33. The molecule has 0 heterocycles. The summed E-state index contributed by atoms with van der Waals surface area (Å²) >= 11 is 4.69. The fourth-order valence-electron chi connectivity index (χ4n) is 2.61. The van der Waals surface area contributed by atoms with Crippen LogP contribution in [0.1, 0.15) is 75.5 Å². The van der Waals surface area contributed by atoms with Gasteiger partial charge in [-0.3, -0.25) is 0 Å². The minimum atomic E-state index is -0.872. The Balaban J connectivity index is 3.88. The van der Waals surface area contributed by atoms with Gasteiger partial charge >= 0.3 is 5.97 Å². The first-order valence-electron chi connectivity index (χ1n) is 7.04. The lowest BCUT2D eigenvalue weighted by atomic mass is 9.73. The SMILES string of the molecule is CCc1c(C(=O)O)cc(C(C)(C)C)c(C(C)(C)C)c1S. The van der Waals surface area contributed by atoms with Crippen molar-refractivity contribution in [2.24, 2.45) is 0 Å². The first-order valence-corrected chi connectivity index (χ1v) is 7.49. The van der Waals surface area contributed by atoms with Crippen LogP contribution in [0.3, 0.4) is 0 Å². The van der Waals surface area contributed by atoms with E-state index >= 15 is 0 Å². The summed E-state index contributed by atoms with van der Waals surface area (Å²) in [6, 6.07) is 1.85. The van der Waals surface area contributed by atoms with Crippen LogP contribution in [0, 0.1) is 0 Å². The summed E-state index contributed by atoms with van der Waals surface area (Å²) in [7, 11) is 0. The normalized spacial score (nSPS) is 12.6. The molecule has 0 spiro atoms. The molecule has 1 aromatic rings. The number of carboxylic acid groups (broad SMARTS) is 1.